The van der Waals surface area contributed by atoms with Crippen molar-refractivity contribution >= 4 is 17.8 Å². The summed E-state index contributed by atoms with van der Waals surface area (Å²) in [5, 5.41) is 18.6. The zero-order valence-corrected chi connectivity index (χ0v) is 8.06. The highest BCUT2D eigenvalue weighted by Crippen LogP contribution is 2.08. The first-order valence-corrected chi connectivity index (χ1v) is 4.12. The van der Waals surface area contributed by atoms with Gasteiger partial charge in [-0.3, -0.25) is 0 Å². The molecule has 1 aromatic rings. The Balaban J connectivity index is 3.14. The molecule has 15 heavy (non-hydrogen) atoms. The smallest absolute Gasteiger partial charge is 0.354 e. The number of hydrogen-bond acceptors (Lipinski definition) is 5. The fraction of sp³-hybridized carbons (Fsp3) is 0.111. The summed E-state index contributed by atoms with van der Waals surface area (Å²) in [4.78, 5) is 18.1. The van der Waals surface area contributed by atoms with Crippen molar-refractivity contribution in [1.29, 1.82) is 5.41 Å². The van der Waals surface area contributed by atoms with Crippen LogP contribution in [0.15, 0.2) is 18.6 Å². The Bertz CT molecular complexity index is 414. The lowest BCUT2D eigenvalue weighted by molar-refractivity contribution is 0.0690. The summed E-state index contributed by atoms with van der Waals surface area (Å²) in [5.74, 6) is -1.12. The number of carboxylic acid groups (broad SMARTS) is 1. The van der Waals surface area contributed by atoms with Gasteiger partial charge in [0.15, 0.2) is 5.69 Å². The lowest BCUT2D eigenvalue weighted by Gasteiger charge is -2.01. The minimum Gasteiger partial charge on any atom is -0.477 e. The van der Waals surface area contributed by atoms with E-state index in [0.29, 0.717) is 11.3 Å². The van der Waals surface area contributed by atoms with E-state index in [-0.39, 0.29) is 5.69 Å². The SMILES string of the molecule is CN/C=C(\C=N)c1cc(C(=O)O)ncn1. The first-order valence-electron chi connectivity index (χ1n) is 4.12. The number of carboxylic acids is 1. The second kappa shape index (κ2) is 4.85. The van der Waals surface area contributed by atoms with Gasteiger partial charge in [-0.15, -0.1) is 0 Å². The van der Waals surface area contributed by atoms with Crippen LogP contribution >= 0.6 is 0 Å². The molecule has 6 nitrogen and oxygen atoms in total. The third kappa shape index (κ3) is 2.60. The number of hydrogen-bond donors (Lipinski definition) is 3. The van der Waals surface area contributed by atoms with Gasteiger partial charge in [-0.1, -0.05) is 0 Å². The van der Waals surface area contributed by atoms with E-state index in [1.165, 1.54) is 6.07 Å². The highest BCUT2D eigenvalue weighted by Gasteiger charge is 2.07. The molecule has 0 spiro atoms. The minimum atomic E-state index is -1.12. The van der Waals surface area contributed by atoms with Gasteiger partial charge in [-0.2, -0.15) is 0 Å². The summed E-state index contributed by atoms with van der Waals surface area (Å²) in [7, 11) is 1.68. The molecule has 3 N–H and O–H groups in total. The van der Waals surface area contributed by atoms with E-state index in [4.69, 9.17) is 10.5 Å². The van der Waals surface area contributed by atoms with Crippen LogP contribution in [0.25, 0.3) is 5.57 Å². The van der Waals surface area contributed by atoms with Crippen LogP contribution < -0.4 is 5.32 Å². The summed E-state index contributed by atoms with van der Waals surface area (Å²) in [6.45, 7) is 0. The van der Waals surface area contributed by atoms with Crippen molar-refractivity contribution in [2.45, 2.75) is 0 Å². The largest absolute Gasteiger partial charge is 0.477 e. The van der Waals surface area contributed by atoms with E-state index in [1.807, 2.05) is 0 Å². The number of nitrogens with zero attached hydrogens (tertiary/aromatic N) is 2. The van der Waals surface area contributed by atoms with E-state index in [0.717, 1.165) is 12.5 Å². The van der Waals surface area contributed by atoms with Crippen LogP contribution in [-0.4, -0.2) is 34.3 Å². The lowest BCUT2D eigenvalue weighted by Crippen LogP contribution is -2.04. The molecular formula is C9H10N4O2. The predicted molar refractivity (Wildman–Crippen MR) is 54.8 cm³/mol. The third-order valence-corrected chi connectivity index (χ3v) is 1.64. The van der Waals surface area contributed by atoms with Gasteiger partial charge in [-0.05, 0) is 6.07 Å². The molecule has 0 aliphatic rings. The summed E-state index contributed by atoms with van der Waals surface area (Å²) >= 11 is 0. The molecule has 1 rings (SSSR count). The Hall–Kier alpha value is -2.24. The molecule has 1 heterocycles. The van der Waals surface area contributed by atoms with E-state index in [2.05, 4.69) is 15.3 Å². The first-order chi connectivity index (χ1) is 7.19. The highest BCUT2D eigenvalue weighted by atomic mass is 16.4. The average Bonchev–Trinajstić information content (AvgIpc) is 2.26. The number of aromatic nitrogens is 2. The van der Waals surface area contributed by atoms with Gasteiger partial charge in [-0.25, -0.2) is 14.8 Å². The number of nitrogens with one attached hydrogen (secondary N) is 2. The molecule has 6 heteroatoms. The maximum atomic E-state index is 10.6. The van der Waals surface area contributed by atoms with Crippen LogP contribution in [0.4, 0.5) is 0 Å². The molecular weight excluding hydrogens is 196 g/mol. The summed E-state index contributed by atoms with van der Waals surface area (Å²) in [5.41, 5.74) is 0.790. The van der Waals surface area contributed by atoms with Gasteiger partial charge >= 0.3 is 5.97 Å². The molecule has 0 unspecified atom stereocenters. The molecule has 0 atom stereocenters. The Morgan fingerprint density at radius 3 is 2.73 bits per heavy atom. The molecule has 0 saturated carbocycles. The van der Waals surface area contributed by atoms with Gasteiger partial charge in [0, 0.05) is 25.0 Å². The Morgan fingerprint density at radius 2 is 2.20 bits per heavy atom. The van der Waals surface area contributed by atoms with Gasteiger partial charge in [0.2, 0.25) is 0 Å². The first kappa shape index (κ1) is 10.8. The molecule has 0 radical (unpaired) electrons. The van der Waals surface area contributed by atoms with Crippen LogP contribution in [0.3, 0.4) is 0 Å². The Labute approximate surface area is 86.2 Å². The zero-order valence-electron chi connectivity index (χ0n) is 8.06. The second-order valence-corrected chi connectivity index (χ2v) is 2.63. The number of allylic oxidation sites excluding steroid dienone is 1. The highest BCUT2D eigenvalue weighted by molar-refractivity contribution is 6.07. The summed E-state index contributed by atoms with van der Waals surface area (Å²) in [6, 6.07) is 1.32. The van der Waals surface area contributed by atoms with Crippen LogP contribution in [0.1, 0.15) is 16.2 Å². The monoisotopic (exact) mass is 206 g/mol. The zero-order chi connectivity index (χ0) is 11.3. The molecule has 0 bridgehead atoms. The quantitative estimate of drug-likeness (QED) is 0.618. The van der Waals surface area contributed by atoms with Crippen LogP contribution in [0.5, 0.6) is 0 Å². The van der Waals surface area contributed by atoms with Gasteiger partial charge in [0.25, 0.3) is 0 Å². The van der Waals surface area contributed by atoms with E-state index < -0.39 is 5.97 Å². The Kier molecular flexibility index (Phi) is 3.50. The van der Waals surface area contributed by atoms with Crippen molar-refractivity contribution in [3.63, 3.8) is 0 Å². The lowest BCUT2D eigenvalue weighted by atomic mass is 10.2. The molecule has 78 valence electrons. The van der Waals surface area contributed by atoms with E-state index in [1.54, 1.807) is 13.2 Å². The van der Waals surface area contributed by atoms with Gasteiger partial charge in [0.1, 0.15) is 6.33 Å². The number of rotatable bonds is 4. The molecule has 0 aliphatic heterocycles. The van der Waals surface area contributed by atoms with E-state index in [9.17, 15) is 4.79 Å². The van der Waals surface area contributed by atoms with Crippen molar-refractivity contribution < 1.29 is 9.90 Å². The predicted octanol–water partition coefficient (Wildman–Crippen LogP) is 0.385. The van der Waals surface area contributed by atoms with Gasteiger partial charge in [0.05, 0.1) is 5.69 Å². The van der Waals surface area contributed by atoms with E-state index >= 15 is 0 Å². The molecule has 0 aliphatic carbocycles. The van der Waals surface area contributed by atoms with Crippen LogP contribution in [0, 0.1) is 5.41 Å². The molecule has 0 amide bonds. The maximum absolute atomic E-state index is 10.6. The second-order valence-electron chi connectivity index (χ2n) is 2.63. The maximum Gasteiger partial charge on any atom is 0.354 e. The van der Waals surface area contributed by atoms with Crippen molar-refractivity contribution in [2.75, 3.05) is 7.05 Å². The molecule has 0 fully saturated rings. The van der Waals surface area contributed by atoms with Crippen molar-refractivity contribution in [3.8, 4) is 0 Å². The van der Waals surface area contributed by atoms with Crippen molar-refractivity contribution in [1.82, 2.24) is 15.3 Å². The minimum absolute atomic E-state index is 0.0937. The standard InChI is InChI=1S/C9H10N4O2/c1-11-4-6(3-10)7-2-8(9(14)15)13-5-12-7/h2-5,10-11H,1H3,(H,14,15)/b6-4+,10-3?. The van der Waals surface area contributed by atoms with Crippen molar-refractivity contribution in [3.05, 3.63) is 30.0 Å². The third-order valence-electron chi connectivity index (χ3n) is 1.64. The molecule has 0 saturated heterocycles. The Morgan fingerprint density at radius 1 is 1.53 bits per heavy atom. The fourth-order valence-electron chi connectivity index (χ4n) is 0.977. The van der Waals surface area contributed by atoms with Gasteiger partial charge < -0.3 is 15.8 Å². The topological polar surface area (TPSA) is 99.0 Å². The van der Waals surface area contributed by atoms with Crippen LogP contribution in [-0.2, 0) is 0 Å². The number of aromatic carboxylic acids is 1. The molecule has 0 aromatic carbocycles. The normalized spacial score (nSPS) is 10.9. The molecule has 1 aromatic heterocycles. The van der Waals surface area contributed by atoms with Crippen LogP contribution in [0.2, 0.25) is 0 Å². The summed E-state index contributed by atoms with van der Waals surface area (Å²) < 4.78 is 0. The van der Waals surface area contributed by atoms with Crippen molar-refractivity contribution in [2.24, 2.45) is 0 Å². The average molecular weight is 206 g/mol. The fourth-order valence-corrected chi connectivity index (χ4v) is 0.977. The number of carbonyl (C=O) groups is 1. The summed E-state index contributed by atoms with van der Waals surface area (Å²) in [6.07, 6.45) is 3.80.